The lowest BCUT2D eigenvalue weighted by atomic mass is 10.0. The minimum Gasteiger partial charge on any atom is -0.368 e. The molecular weight excluding hydrogens is 390 g/mol. The number of likely N-dealkylation sites (tertiary alicyclic amines) is 1. The van der Waals surface area contributed by atoms with Crippen LogP contribution in [0.4, 0.5) is 5.69 Å². The molecule has 0 bridgehead atoms. The molecule has 2 heterocycles. The SMILES string of the molecule is NC(=O)C1CC(C(=O)NCC2CCCCN2Cc2ccccc2)=NN1c1ccccc1. The molecule has 31 heavy (non-hydrogen) atoms. The summed E-state index contributed by atoms with van der Waals surface area (Å²) in [5.41, 5.74) is 7.95. The number of primary amides is 1. The van der Waals surface area contributed by atoms with Gasteiger partial charge in [0.2, 0.25) is 5.91 Å². The summed E-state index contributed by atoms with van der Waals surface area (Å²) in [6.45, 7) is 2.48. The molecule has 2 amide bonds. The highest BCUT2D eigenvalue weighted by molar-refractivity contribution is 6.40. The first-order valence-electron chi connectivity index (χ1n) is 10.9. The fourth-order valence-corrected chi connectivity index (χ4v) is 4.32. The molecule has 2 aliphatic rings. The Labute approximate surface area is 182 Å². The number of benzene rings is 2. The van der Waals surface area contributed by atoms with Crippen molar-refractivity contribution in [3.05, 3.63) is 66.2 Å². The summed E-state index contributed by atoms with van der Waals surface area (Å²) in [6, 6.07) is 19.4. The molecule has 2 aromatic rings. The summed E-state index contributed by atoms with van der Waals surface area (Å²) in [4.78, 5) is 27.2. The Morgan fingerprint density at radius 3 is 2.45 bits per heavy atom. The van der Waals surface area contributed by atoms with E-state index in [1.807, 2.05) is 36.4 Å². The lowest BCUT2D eigenvalue weighted by molar-refractivity contribution is -0.119. The van der Waals surface area contributed by atoms with Crippen LogP contribution in [0.5, 0.6) is 0 Å². The zero-order valence-electron chi connectivity index (χ0n) is 17.6. The fourth-order valence-electron chi connectivity index (χ4n) is 4.32. The van der Waals surface area contributed by atoms with Crippen LogP contribution >= 0.6 is 0 Å². The highest BCUT2D eigenvalue weighted by Crippen LogP contribution is 2.24. The maximum absolute atomic E-state index is 12.9. The van der Waals surface area contributed by atoms with E-state index in [1.165, 1.54) is 12.0 Å². The van der Waals surface area contributed by atoms with Gasteiger partial charge in [0, 0.05) is 25.6 Å². The topological polar surface area (TPSA) is 91.0 Å². The normalized spacial score (nSPS) is 21.5. The summed E-state index contributed by atoms with van der Waals surface area (Å²) in [6.07, 6.45) is 3.61. The minimum atomic E-state index is -0.646. The lowest BCUT2D eigenvalue weighted by Gasteiger charge is -2.35. The van der Waals surface area contributed by atoms with E-state index in [0.717, 1.165) is 31.6 Å². The van der Waals surface area contributed by atoms with Crippen molar-refractivity contribution in [3.63, 3.8) is 0 Å². The van der Waals surface area contributed by atoms with E-state index in [-0.39, 0.29) is 18.4 Å². The lowest BCUT2D eigenvalue weighted by Crippen LogP contribution is -2.47. The van der Waals surface area contributed by atoms with Gasteiger partial charge in [0.05, 0.1) is 5.69 Å². The molecule has 0 spiro atoms. The summed E-state index contributed by atoms with van der Waals surface area (Å²) in [5, 5.41) is 9.04. The Morgan fingerprint density at radius 2 is 1.74 bits per heavy atom. The number of nitrogens with two attached hydrogens (primary N) is 1. The van der Waals surface area contributed by atoms with Crippen molar-refractivity contribution in [2.75, 3.05) is 18.1 Å². The number of hydrogen-bond donors (Lipinski definition) is 2. The van der Waals surface area contributed by atoms with Gasteiger partial charge in [-0.3, -0.25) is 19.5 Å². The third-order valence-electron chi connectivity index (χ3n) is 6.00. The van der Waals surface area contributed by atoms with Gasteiger partial charge in [-0.1, -0.05) is 55.0 Å². The van der Waals surface area contributed by atoms with Gasteiger partial charge >= 0.3 is 0 Å². The molecule has 3 N–H and O–H groups in total. The molecule has 0 aromatic heterocycles. The van der Waals surface area contributed by atoms with E-state index in [1.54, 1.807) is 5.01 Å². The Hall–Kier alpha value is -3.19. The van der Waals surface area contributed by atoms with E-state index in [0.29, 0.717) is 12.3 Å². The highest BCUT2D eigenvalue weighted by atomic mass is 16.2. The average Bonchev–Trinajstić information content (AvgIpc) is 3.26. The van der Waals surface area contributed by atoms with Gasteiger partial charge in [-0.05, 0) is 37.1 Å². The second-order valence-corrected chi connectivity index (χ2v) is 8.16. The van der Waals surface area contributed by atoms with Crippen LogP contribution in [0.1, 0.15) is 31.2 Å². The maximum atomic E-state index is 12.9. The van der Waals surface area contributed by atoms with Gasteiger partial charge in [0.1, 0.15) is 11.8 Å². The number of hydrogen-bond acceptors (Lipinski definition) is 5. The molecule has 0 aliphatic carbocycles. The van der Waals surface area contributed by atoms with Crippen molar-refractivity contribution in [2.24, 2.45) is 10.8 Å². The van der Waals surface area contributed by atoms with E-state index in [9.17, 15) is 9.59 Å². The van der Waals surface area contributed by atoms with E-state index >= 15 is 0 Å². The standard InChI is InChI=1S/C24H29N5O2/c25-23(30)22-15-21(27-29(22)19-11-5-2-6-12-19)24(31)26-16-20-13-7-8-14-28(20)17-18-9-3-1-4-10-18/h1-6,9-12,20,22H,7-8,13-17H2,(H2,25,30)(H,26,31). The monoisotopic (exact) mass is 419 g/mol. The van der Waals surface area contributed by atoms with Crippen LogP contribution < -0.4 is 16.1 Å². The Bertz CT molecular complexity index is 932. The quantitative estimate of drug-likeness (QED) is 0.720. The van der Waals surface area contributed by atoms with Crippen LogP contribution in [0, 0.1) is 0 Å². The number of nitrogens with one attached hydrogen (secondary N) is 1. The van der Waals surface area contributed by atoms with Crippen molar-refractivity contribution in [3.8, 4) is 0 Å². The number of piperidine rings is 1. The smallest absolute Gasteiger partial charge is 0.267 e. The summed E-state index contributed by atoms with van der Waals surface area (Å²) < 4.78 is 0. The number of amides is 2. The van der Waals surface area contributed by atoms with Crippen molar-refractivity contribution >= 4 is 23.2 Å². The van der Waals surface area contributed by atoms with E-state index in [2.05, 4.69) is 39.6 Å². The molecular formula is C24H29N5O2. The first-order chi connectivity index (χ1) is 15.1. The largest absolute Gasteiger partial charge is 0.368 e. The number of rotatable bonds is 7. The molecule has 0 radical (unpaired) electrons. The predicted molar refractivity (Wildman–Crippen MR) is 121 cm³/mol. The minimum absolute atomic E-state index is 0.217. The van der Waals surface area contributed by atoms with Crippen molar-refractivity contribution < 1.29 is 9.59 Å². The highest BCUT2D eigenvalue weighted by Gasteiger charge is 2.35. The number of hydrazone groups is 1. The summed E-state index contributed by atoms with van der Waals surface area (Å²) in [5.74, 6) is -0.716. The van der Waals surface area contributed by atoms with Crippen LogP contribution in [0.2, 0.25) is 0 Å². The zero-order chi connectivity index (χ0) is 21.6. The van der Waals surface area contributed by atoms with Gasteiger partial charge in [-0.2, -0.15) is 5.10 Å². The first kappa shape index (κ1) is 21.1. The number of carbonyl (C=O) groups is 2. The third-order valence-corrected chi connectivity index (χ3v) is 6.00. The number of nitrogens with zero attached hydrogens (tertiary/aromatic N) is 3. The van der Waals surface area contributed by atoms with Gasteiger partial charge in [-0.15, -0.1) is 0 Å². The van der Waals surface area contributed by atoms with Gasteiger partial charge in [-0.25, -0.2) is 0 Å². The second-order valence-electron chi connectivity index (χ2n) is 8.16. The van der Waals surface area contributed by atoms with Gasteiger partial charge in [0.15, 0.2) is 0 Å². The molecule has 1 saturated heterocycles. The molecule has 7 nitrogen and oxygen atoms in total. The average molecular weight is 420 g/mol. The van der Waals surface area contributed by atoms with Crippen molar-refractivity contribution in [1.82, 2.24) is 10.2 Å². The Balaban J connectivity index is 1.39. The maximum Gasteiger partial charge on any atom is 0.267 e. The number of carbonyl (C=O) groups excluding carboxylic acids is 2. The summed E-state index contributed by atoms with van der Waals surface area (Å²) in [7, 11) is 0. The number of para-hydroxylation sites is 1. The van der Waals surface area contributed by atoms with Crippen molar-refractivity contribution in [2.45, 2.75) is 44.3 Å². The van der Waals surface area contributed by atoms with Crippen LogP contribution in [0.25, 0.3) is 0 Å². The van der Waals surface area contributed by atoms with Gasteiger partial charge < -0.3 is 11.1 Å². The molecule has 2 unspecified atom stereocenters. The molecule has 2 atom stereocenters. The zero-order valence-corrected chi connectivity index (χ0v) is 17.6. The number of anilines is 1. The van der Waals surface area contributed by atoms with Gasteiger partial charge in [0.25, 0.3) is 5.91 Å². The second kappa shape index (κ2) is 9.75. The molecule has 0 saturated carbocycles. The van der Waals surface area contributed by atoms with Crippen LogP contribution in [-0.4, -0.2) is 47.6 Å². The van der Waals surface area contributed by atoms with Crippen molar-refractivity contribution in [1.29, 1.82) is 0 Å². The third kappa shape index (κ3) is 5.11. The molecule has 2 aliphatic heterocycles. The Kier molecular flexibility index (Phi) is 6.62. The molecule has 7 heteroatoms. The van der Waals surface area contributed by atoms with Crippen LogP contribution in [0.15, 0.2) is 65.8 Å². The molecule has 2 aromatic carbocycles. The fraction of sp³-hybridized carbons (Fsp3) is 0.375. The summed E-state index contributed by atoms with van der Waals surface area (Å²) >= 11 is 0. The predicted octanol–water partition coefficient (Wildman–Crippen LogP) is 2.28. The molecule has 162 valence electrons. The molecule has 1 fully saturated rings. The van der Waals surface area contributed by atoms with Crippen LogP contribution in [0.3, 0.4) is 0 Å². The van der Waals surface area contributed by atoms with E-state index in [4.69, 9.17) is 5.73 Å². The van der Waals surface area contributed by atoms with Crippen LogP contribution in [-0.2, 0) is 16.1 Å². The van der Waals surface area contributed by atoms with E-state index < -0.39 is 11.9 Å². The molecule has 4 rings (SSSR count). The Morgan fingerprint density at radius 1 is 1.03 bits per heavy atom. The first-order valence-corrected chi connectivity index (χ1v) is 10.9.